The lowest BCUT2D eigenvalue weighted by molar-refractivity contribution is -0.115. The van der Waals surface area contributed by atoms with Crippen molar-refractivity contribution in [1.82, 2.24) is 10.2 Å². The number of nitrogens with zero attached hydrogens (tertiary/aromatic N) is 2. The van der Waals surface area contributed by atoms with Crippen molar-refractivity contribution in [3.05, 3.63) is 58.1 Å². The van der Waals surface area contributed by atoms with Gasteiger partial charge in [0, 0.05) is 15.6 Å². The second-order valence-electron chi connectivity index (χ2n) is 5.37. The predicted octanol–water partition coefficient (Wildman–Crippen LogP) is 4.62. The molecule has 3 rings (SSSR count). The molecule has 0 fully saturated rings. The van der Waals surface area contributed by atoms with Gasteiger partial charge < -0.3 is 9.15 Å². The van der Waals surface area contributed by atoms with E-state index in [4.69, 9.17) is 32.4 Å². The number of nitrogens with one attached hydrogen (secondary N) is 1. The predicted molar refractivity (Wildman–Crippen MR) is 99.7 cm³/mol. The number of amides is 1. The SMILES string of the molecule is CCOc1ccc(CC(=O)Nc2nnc(-c3cc(Cl)cc(Cl)c3)o2)cc1. The summed E-state index contributed by atoms with van der Waals surface area (Å²) >= 11 is 11.9. The molecule has 0 aliphatic heterocycles. The number of carbonyl (C=O) groups excluding carboxylic acids is 1. The van der Waals surface area contributed by atoms with E-state index in [-0.39, 0.29) is 24.2 Å². The third-order valence-electron chi connectivity index (χ3n) is 3.38. The van der Waals surface area contributed by atoms with Gasteiger partial charge in [-0.2, -0.15) is 0 Å². The molecule has 26 heavy (non-hydrogen) atoms. The minimum absolute atomic E-state index is 0.00651. The van der Waals surface area contributed by atoms with Crippen molar-refractivity contribution in [1.29, 1.82) is 0 Å². The molecule has 0 aliphatic carbocycles. The van der Waals surface area contributed by atoms with E-state index >= 15 is 0 Å². The molecule has 1 amide bonds. The molecule has 2 aromatic carbocycles. The average Bonchev–Trinajstić information content (AvgIpc) is 3.04. The van der Waals surface area contributed by atoms with E-state index < -0.39 is 0 Å². The van der Waals surface area contributed by atoms with Crippen molar-refractivity contribution in [2.75, 3.05) is 11.9 Å². The van der Waals surface area contributed by atoms with Gasteiger partial charge in [0.05, 0.1) is 13.0 Å². The molecular weight excluding hydrogens is 377 g/mol. The van der Waals surface area contributed by atoms with Gasteiger partial charge in [-0.3, -0.25) is 10.1 Å². The van der Waals surface area contributed by atoms with Crippen LogP contribution >= 0.6 is 23.2 Å². The van der Waals surface area contributed by atoms with Gasteiger partial charge in [-0.1, -0.05) is 40.4 Å². The minimum atomic E-state index is -0.270. The van der Waals surface area contributed by atoms with Gasteiger partial charge in [0.2, 0.25) is 11.8 Å². The number of rotatable bonds is 6. The quantitative estimate of drug-likeness (QED) is 0.662. The standard InChI is InChI=1S/C18H15Cl2N3O3/c1-2-25-15-5-3-11(4-6-15)7-16(24)21-18-23-22-17(26-18)12-8-13(19)10-14(20)9-12/h3-6,8-10H,2,7H2,1H3,(H,21,23,24). The second kappa shape index (κ2) is 8.21. The highest BCUT2D eigenvalue weighted by Gasteiger charge is 2.13. The smallest absolute Gasteiger partial charge is 0.322 e. The van der Waals surface area contributed by atoms with Gasteiger partial charge in [-0.05, 0) is 42.8 Å². The van der Waals surface area contributed by atoms with Crippen LogP contribution in [-0.4, -0.2) is 22.7 Å². The van der Waals surface area contributed by atoms with Gasteiger partial charge in [0.15, 0.2) is 0 Å². The molecule has 134 valence electrons. The fourth-order valence-electron chi connectivity index (χ4n) is 2.29. The van der Waals surface area contributed by atoms with Crippen molar-refractivity contribution in [3.8, 4) is 17.2 Å². The maximum Gasteiger partial charge on any atom is 0.322 e. The number of carbonyl (C=O) groups is 1. The zero-order chi connectivity index (χ0) is 18.5. The normalized spacial score (nSPS) is 10.6. The lowest BCUT2D eigenvalue weighted by atomic mass is 10.1. The first kappa shape index (κ1) is 18.2. The molecule has 0 spiro atoms. The van der Waals surface area contributed by atoms with E-state index in [1.165, 1.54) is 0 Å². The molecule has 0 unspecified atom stereocenters. The fourth-order valence-corrected chi connectivity index (χ4v) is 2.81. The summed E-state index contributed by atoms with van der Waals surface area (Å²) in [6.07, 6.45) is 0.174. The van der Waals surface area contributed by atoms with E-state index in [9.17, 15) is 4.79 Å². The number of benzene rings is 2. The van der Waals surface area contributed by atoms with Crippen LogP contribution < -0.4 is 10.1 Å². The Morgan fingerprint density at radius 2 is 1.81 bits per heavy atom. The summed E-state index contributed by atoms with van der Waals surface area (Å²) in [4.78, 5) is 12.1. The van der Waals surface area contributed by atoms with E-state index in [1.807, 2.05) is 31.2 Å². The number of hydrogen-bond acceptors (Lipinski definition) is 5. The van der Waals surface area contributed by atoms with Crippen LogP contribution in [0.4, 0.5) is 6.01 Å². The average molecular weight is 392 g/mol. The van der Waals surface area contributed by atoms with Crippen molar-refractivity contribution in [3.63, 3.8) is 0 Å². The minimum Gasteiger partial charge on any atom is -0.494 e. The van der Waals surface area contributed by atoms with E-state index in [2.05, 4.69) is 15.5 Å². The number of aromatic nitrogens is 2. The van der Waals surface area contributed by atoms with E-state index in [0.717, 1.165) is 11.3 Å². The summed E-state index contributed by atoms with van der Waals surface area (Å²) in [6, 6.07) is 12.2. The highest BCUT2D eigenvalue weighted by Crippen LogP contribution is 2.27. The highest BCUT2D eigenvalue weighted by molar-refractivity contribution is 6.35. The Morgan fingerprint density at radius 1 is 1.12 bits per heavy atom. The fraction of sp³-hybridized carbons (Fsp3) is 0.167. The van der Waals surface area contributed by atoms with Gasteiger partial charge in [-0.25, -0.2) is 0 Å². The molecule has 6 nitrogen and oxygen atoms in total. The highest BCUT2D eigenvalue weighted by atomic mass is 35.5. The third kappa shape index (κ3) is 4.74. The molecule has 0 saturated carbocycles. The summed E-state index contributed by atoms with van der Waals surface area (Å²) in [6.45, 7) is 2.51. The zero-order valence-electron chi connectivity index (χ0n) is 13.8. The van der Waals surface area contributed by atoms with Gasteiger partial charge in [0.25, 0.3) is 0 Å². The molecule has 0 aliphatic rings. The molecule has 8 heteroatoms. The van der Waals surface area contributed by atoms with Crippen LogP contribution in [0.15, 0.2) is 46.9 Å². The van der Waals surface area contributed by atoms with Crippen LogP contribution in [0.5, 0.6) is 5.75 Å². The van der Waals surface area contributed by atoms with Crippen molar-refractivity contribution in [2.24, 2.45) is 0 Å². The molecule has 1 aromatic heterocycles. The molecular formula is C18H15Cl2N3O3. The molecule has 1 heterocycles. The summed E-state index contributed by atoms with van der Waals surface area (Å²) in [5.41, 5.74) is 1.41. The molecule has 0 atom stereocenters. The Balaban J connectivity index is 1.64. The molecule has 1 N–H and O–H groups in total. The van der Waals surface area contributed by atoms with Crippen LogP contribution in [0.2, 0.25) is 10.0 Å². The molecule has 0 saturated heterocycles. The monoisotopic (exact) mass is 391 g/mol. The van der Waals surface area contributed by atoms with Crippen molar-refractivity contribution >= 4 is 35.1 Å². The number of halogens is 2. The first-order valence-electron chi connectivity index (χ1n) is 7.85. The maximum absolute atomic E-state index is 12.1. The maximum atomic E-state index is 12.1. The van der Waals surface area contributed by atoms with Crippen molar-refractivity contribution in [2.45, 2.75) is 13.3 Å². The van der Waals surface area contributed by atoms with Gasteiger partial charge in [0.1, 0.15) is 5.75 Å². The first-order chi connectivity index (χ1) is 12.5. The lowest BCUT2D eigenvalue weighted by Crippen LogP contribution is -2.14. The van der Waals surface area contributed by atoms with Crippen LogP contribution in [0, 0.1) is 0 Å². The summed E-state index contributed by atoms with van der Waals surface area (Å²) < 4.78 is 10.8. The Labute approximate surface area is 160 Å². The van der Waals surface area contributed by atoms with Gasteiger partial charge >= 0.3 is 6.01 Å². The lowest BCUT2D eigenvalue weighted by Gasteiger charge is -2.04. The van der Waals surface area contributed by atoms with Crippen LogP contribution in [-0.2, 0) is 11.2 Å². The number of anilines is 1. The molecule has 3 aromatic rings. The summed E-state index contributed by atoms with van der Waals surface area (Å²) in [7, 11) is 0. The molecule has 0 bridgehead atoms. The van der Waals surface area contributed by atoms with Crippen LogP contribution in [0.1, 0.15) is 12.5 Å². The summed E-state index contributed by atoms with van der Waals surface area (Å²) in [5.74, 6) is 0.706. The topological polar surface area (TPSA) is 77.2 Å². The molecule has 0 radical (unpaired) electrons. The Bertz CT molecular complexity index is 890. The first-order valence-corrected chi connectivity index (χ1v) is 8.60. The third-order valence-corrected chi connectivity index (χ3v) is 3.82. The van der Waals surface area contributed by atoms with Crippen molar-refractivity contribution < 1.29 is 13.9 Å². The van der Waals surface area contributed by atoms with E-state index in [0.29, 0.717) is 22.2 Å². The van der Waals surface area contributed by atoms with Gasteiger partial charge in [-0.15, -0.1) is 5.10 Å². The largest absolute Gasteiger partial charge is 0.494 e. The number of ether oxygens (including phenoxy) is 1. The number of hydrogen-bond donors (Lipinski definition) is 1. The zero-order valence-corrected chi connectivity index (χ0v) is 15.3. The Hall–Kier alpha value is -2.57. The van der Waals surface area contributed by atoms with Crippen LogP contribution in [0.3, 0.4) is 0 Å². The van der Waals surface area contributed by atoms with Crippen LogP contribution in [0.25, 0.3) is 11.5 Å². The van der Waals surface area contributed by atoms with E-state index in [1.54, 1.807) is 18.2 Å². The Morgan fingerprint density at radius 3 is 2.46 bits per heavy atom. The Kier molecular flexibility index (Phi) is 5.75. The summed E-state index contributed by atoms with van der Waals surface area (Å²) in [5, 5.41) is 11.2. The second-order valence-corrected chi connectivity index (χ2v) is 6.25.